The summed E-state index contributed by atoms with van der Waals surface area (Å²) in [6.45, 7) is 1.39. The number of hydrogen-bond acceptors (Lipinski definition) is 4. The van der Waals surface area contributed by atoms with Crippen LogP contribution in [-0.4, -0.2) is 35.9 Å². The predicted octanol–water partition coefficient (Wildman–Crippen LogP) is 1.94. The molecule has 25 heavy (non-hydrogen) atoms. The van der Waals surface area contributed by atoms with Gasteiger partial charge in [-0.25, -0.2) is 4.39 Å². The third kappa shape index (κ3) is 4.53. The van der Waals surface area contributed by atoms with Crippen molar-refractivity contribution in [3.8, 4) is 0 Å². The Kier molecular flexibility index (Phi) is 5.23. The van der Waals surface area contributed by atoms with E-state index in [9.17, 15) is 14.0 Å². The lowest BCUT2D eigenvalue weighted by atomic mass is 10.0. The smallest absolute Gasteiger partial charge is 0.313 e. The van der Waals surface area contributed by atoms with E-state index in [1.807, 2.05) is 6.07 Å². The van der Waals surface area contributed by atoms with Gasteiger partial charge in [0.15, 0.2) is 0 Å². The van der Waals surface area contributed by atoms with E-state index in [1.165, 1.54) is 18.3 Å². The average Bonchev–Trinajstić information content (AvgIpc) is 2.63. The summed E-state index contributed by atoms with van der Waals surface area (Å²) in [5.74, 6) is -1.63. The molecule has 0 unspecified atom stereocenters. The summed E-state index contributed by atoms with van der Waals surface area (Å²) >= 11 is 0. The Bertz CT molecular complexity index is 746. The summed E-state index contributed by atoms with van der Waals surface area (Å²) in [4.78, 5) is 29.9. The van der Waals surface area contributed by atoms with Crippen molar-refractivity contribution in [2.24, 2.45) is 0 Å². The molecule has 1 fully saturated rings. The minimum atomic E-state index is -0.708. The molecule has 0 spiro atoms. The predicted molar refractivity (Wildman–Crippen MR) is 92.6 cm³/mol. The van der Waals surface area contributed by atoms with Gasteiger partial charge in [0.05, 0.1) is 11.9 Å². The van der Waals surface area contributed by atoms with E-state index in [0.717, 1.165) is 5.69 Å². The molecule has 0 bridgehead atoms. The van der Waals surface area contributed by atoms with Crippen molar-refractivity contribution >= 4 is 23.2 Å². The number of pyridine rings is 1. The Balaban J connectivity index is 1.48. The Hall–Kier alpha value is -2.96. The standard InChI is InChI=1S/C18H19FN4O2/c19-13-3-1-5-16(11-13)23-9-6-14(7-10-23)21-17(24)18(25)22-15-4-2-8-20-12-15/h1-5,8,11-12,14H,6-7,9-10H2,(H,21,24)(H,22,25). The topological polar surface area (TPSA) is 74.3 Å². The Labute approximate surface area is 145 Å². The second-order valence-corrected chi connectivity index (χ2v) is 5.91. The molecule has 1 aromatic carbocycles. The number of benzene rings is 1. The number of nitrogens with one attached hydrogen (secondary N) is 2. The fourth-order valence-corrected chi connectivity index (χ4v) is 2.83. The van der Waals surface area contributed by atoms with Gasteiger partial charge in [-0.3, -0.25) is 14.6 Å². The first-order valence-corrected chi connectivity index (χ1v) is 8.14. The highest BCUT2D eigenvalue weighted by Crippen LogP contribution is 2.20. The van der Waals surface area contributed by atoms with Crippen LogP contribution in [0.4, 0.5) is 15.8 Å². The number of hydrogen-bond donors (Lipinski definition) is 2. The SMILES string of the molecule is O=C(Nc1cccnc1)C(=O)NC1CCN(c2cccc(F)c2)CC1. The van der Waals surface area contributed by atoms with E-state index in [1.54, 1.807) is 24.4 Å². The van der Waals surface area contributed by atoms with Gasteiger partial charge in [0.25, 0.3) is 0 Å². The molecule has 2 N–H and O–H groups in total. The van der Waals surface area contributed by atoms with Gasteiger partial charge >= 0.3 is 11.8 Å². The van der Waals surface area contributed by atoms with Crippen LogP contribution >= 0.6 is 0 Å². The molecule has 2 aromatic rings. The van der Waals surface area contributed by atoms with E-state index in [2.05, 4.69) is 20.5 Å². The van der Waals surface area contributed by atoms with Gasteiger partial charge in [0.1, 0.15) is 5.82 Å². The van der Waals surface area contributed by atoms with Crippen LogP contribution in [0.1, 0.15) is 12.8 Å². The van der Waals surface area contributed by atoms with E-state index < -0.39 is 11.8 Å². The van der Waals surface area contributed by atoms with Gasteiger partial charge in [0.2, 0.25) is 0 Å². The molecule has 2 heterocycles. The number of carbonyl (C=O) groups is 2. The van der Waals surface area contributed by atoms with E-state index in [-0.39, 0.29) is 11.9 Å². The zero-order chi connectivity index (χ0) is 17.6. The highest BCUT2D eigenvalue weighted by atomic mass is 19.1. The summed E-state index contributed by atoms with van der Waals surface area (Å²) in [7, 11) is 0. The maximum Gasteiger partial charge on any atom is 0.313 e. The molecule has 1 aromatic heterocycles. The van der Waals surface area contributed by atoms with Crippen LogP contribution in [0.3, 0.4) is 0 Å². The lowest BCUT2D eigenvalue weighted by Gasteiger charge is -2.33. The number of piperidine rings is 1. The van der Waals surface area contributed by atoms with Crippen molar-refractivity contribution in [2.75, 3.05) is 23.3 Å². The normalized spacial score (nSPS) is 14.8. The number of anilines is 2. The van der Waals surface area contributed by atoms with Crippen molar-refractivity contribution in [1.82, 2.24) is 10.3 Å². The van der Waals surface area contributed by atoms with E-state index >= 15 is 0 Å². The van der Waals surface area contributed by atoms with Crippen LogP contribution in [0, 0.1) is 5.82 Å². The Morgan fingerprint density at radius 2 is 1.92 bits per heavy atom. The van der Waals surface area contributed by atoms with Crippen molar-refractivity contribution in [2.45, 2.75) is 18.9 Å². The molecule has 1 aliphatic heterocycles. The number of amides is 2. The molecule has 2 amide bonds. The average molecular weight is 342 g/mol. The molecular formula is C18H19FN4O2. The lowest BCUT2D eigenvalue weighted by molar-refractivity contribution is -0.136. The van der Waals surface area contributed by atoms with Crippen LogP contribution in [0.25, 0.3) is 0 Å². The summed E-state index contributed by atoms with van der Waals surface area (Å²) in [5, 5.41) is 5.26. The largest absolute Gasteiger partial charge is 0.371 e. The van der Waals surface area contributed by atoms with Crippen LogP contribution in [-0.2, 0) is 9.59 Å². The van der Waals surface area contributed by atoms with Gasteiger partial charge in [-0.05, 0) is 43.2 Å². The summed E-state index contributed by atoms with van der Waals surface area (Å²) in [6.07, 6.45) is 4.45. The molecule has 1 aliphatic rings. The number of halogens is 1. The molecule has 0 aliphatic carbocycles. The van der Waals surface area contributed by atoms with Crippen molar-refractivity contribution < 1.29 is 14.0 Å². The number of carbonyl (C=O) groups excluding carboxylic acids is 2. The lowest BCUT2D eigenvalue weighted by Crippen LogP contribution is -2.47. The summed E-state index contributed by atoms with van der Waals surface area (Å²) in [5.41, 5.74) is 1.31. The Morgan fingerprint density at radius 1 is 1.12 bits per heavy atom. The second-order valence-electron chi connectivity index (χ2n) is 5.91. The monoisotopic (exact) mass is 342 g/mol. The van der Waals surface area contributed by atoms with Crippen molar-refractivity contribution in [3.63, 3.8) is 0 Å². The van der Waals surface area contributed by atoms with E-state index in [4.69, 9.17) is 0 Å². The highest BCUT2D eigenvalue weighted by molar-refractivity contribution is 6.39. The quantitative estimate of drug-likeness (QED) is 0.836. The van der Waals surface area contributed by atoms with Crippen LogP contribution in [0.5, 0.6) is 0 Å². The van der Waals surface area contributed by atoms with Gasteiger partial charge in [-0.1, -0.05) is 6.07 Å². The van der Waals surface area contributed by atoms with Crippen molar-refractivity contribution in [3.05, 3.63) is 54.6 Å². The van der Waals surface area contributed by atoms with Crippen LogP contribution in [0.15, 0.2) is 48.8 Å². The number of aromatic nitrogens is 1. The van der Waals surface area contributed by atoms with Gasteiger partial charge in [0, 0.05) is 31.0 Å². The van der Waals surface area contributed by atoms with Crippen LogP contribution < -0.4 is 15.5 Å². The fourth-order valence-electron chi connectivity index (χ4n) is 2.83. The summed E-state index contributed by atoms with van der Waals surface area (Å²) in [6, 6.07) is 9.73. The third-order valence-corrected chi connectivity index (χ3v) is 4.13. The molecule has 6 nitrogen and oxygen atoms in total. The first-order chi connectivity index (χ1) is 12.1. The minimum absolute atomic E-state index is 0.0723. The molecule has 7 heteroatoms. The van der Waals surface area contributed by atoms with Crippen LogP contribution in [0.2, 0.25) is 0 Å². The van der Waals surface area contributed by atoms with Gasteiger partial charge in [-0.15, -0.1) is 0 Å². The molecule has 3 rings (SSSR count). The maximum atomic E-state index is 13.3. The Morgan fingerprint density at radius 3 is 2.60 bits per heavy atom. The molecule has 0 saturated carbocycles. The molecule has 130 valence electrons. The first kappa shape index (κ1) is 16.9. The third-order valence-electron chi connectivity index (χ3n) is 4.13. The van der Waals surface area contributed by atoms with Crippen molar-refractivity contribution in [1.29, 1.82) is 0 Å². The minimum Gasteiger partial charge on any atom is -0.371 e. The zero-order valence-corrected chi connectivity index (χ0v) is 13.6. The van der Waals surface area contributed by atoms with E-state index in [0.29, 0.717) is 31.6 Å². The van der Waals surface area contributed by atoms with Gasteiger partial charge < -0.3 is 15.5 Å². The second kappa shape index (κ2) is 7.74. The molecule has 1 saturated heterocycles. The number of rotatable bonds is 3. The fraction of sp³-hybridized carbons (Fsp3) is 0.278. The van der Waals surface area contributed by atoms with Gasteiger partial charge in [-0.2, -0.15) is 0 Å². The maximum absolute atomic E-state index is 13.3. The summed E-state index contributed by atoms with van der Waals surface area (Å²) < 4.78 is 13.3. The first-order valence-electron chi connectivity index (χ1n) is 8.14. The highest BCUT2D eigenvalue weighted by Gasteiger charge is 2.23. The zero-order valence-electron chi connectivity index (χ0n) is 13.6. The molecule has 0 radical (unpaired) electrons. The molecular weight excluding hydrogens is 323 g/mol. The molecule has 0 atom stereocenters. The number of nitrogens with zero attached hydrogens (tertiary/aromatic N) is 2.